The molecule has 9 nitrogen and oxygen atoms in total. The summed E-state index contributed by atoms with van der Waals surface area (Å²) in [4.78, 5) is 36.2. The number of hydrogen-bond donors (Lipinski definition) is 3. The van der Waals surface area contributed by atoms with Gasteiger partial charge < -0.3 is 24.7 Å². The monoisotopic (exact) mass is 425 g/mol. The van der Waals surface area contributed by atoms with Gasteiger partial charge in [-0.15, -0.1) is 0 Å². The lowest BCUT2D eigenvalue weighted by molar-refractivity contribution is 0.0283. The molecule has 0 bridgehead atoms. The summed E-state index contributed by atoms with van der Waals surface area (Å²) in [7, 11) is 0. The molecule has 0 radical (unpaired) electrons. The van der Waals surface area contributed by atoms with Crippen molar-refractivity contribution in [2.45, 2.75) is 32.5 Å². The molecule has 164 valence electrons. The Labute approximate surface area is 179 Å². The van der Waals surface area contributed by atoms with Crippen LogP contribution in [0, 0.1) is 0 Å². The number of aromatic nitrogens is 3. The molecule has 1 fully saturated rings. The van der Waals surface area contributed by atoms with E-state index in [0.29, 0.717) is 37.4 Å². The predicted octanol–water partition coefficient (Wildman–Crippen LogP) is 2.65. The topological polar surface area (TPSA) is 112 Å². The van der Waals surface area contributed by atoms with Gasteiger partial charge in [0.15, 0.2) is 5.65 Å². The van der Waals surface area contributed by atoms with Crippen LogP contribution in [0.5, 0.6) is 0 Å². The molecule has 1 aliphatic rings. The van der Waals surface area contributed by atoms with Crippen molar-refractivity contribution in [3.05, 3.63) is 47.0 Å². The Hall–Kier alpha value is -3.33. The molecule has 3 N–H and O–H groups in total. The zero-order valence-corrected chi connectivity index (χ0v) is 17.9. The van der Waals surface area contributed by atoms with Crippen LogP contribution in [0.25, 0.3) is 22.3 Å². The number of imidazole rings is 1. The molecule has 0 spiro atoms. The molecule has 3 aromatic rings. The zero-order chi connectivity index (χ0) is 22.0. The van der Waals surface area contributed by atoms with Gasteiger partial charge >= 0.3 is 11.8 Å². The summed E-state index contributed by atoms with van der Waals surface area (Å²) in [6, 6.07) is 9.92. The molecule has 1 unspecified atom stereocenters. The van der Waals surface area contributed by atoms with Crippen molar-refractivity contribution >= 4 is 22.9 Å². The fraction of sp³-hybridized carbons (Fsp3) is 0.409. The Morgan fingerprint density at radius 2 is 2.06 bits per heavy atom. The van der Waals surface area contributed by atoms with Crippen LogP contribution in [0.2, 0.25) is 0 Å². The van der Waals surface area contributed by atoms with E-state index >= 15 is 0 Å². The molecule has 9 heteroatoms. The van der Waals surface area contributed by atoms with Crippen LogP contribution in [0.15, 0.2) is 41.3 Å². The maximum absolute atomic E-state index is 12.0. The molecular weight excluding hydrogens is 398 g/mol. The molecule has 0 saturated carbocycles. The van der Waals surface area contributed by atoms with Gasteiger partial charge in [-0.2, -0.15) is 0 Å². The second kappa shape index (κ2) is 8.43. The van der Waals surface area contributed by atoms with E-state index < -0.39 is 11.7 Å². The van der Waals surface area contributed by atoms with Crippen molar-refractivity contribution in [3.8, 4) is 11.1 Å². The highest BCUT2D eigenvalue weighted by Crippen LogP contribution is 2.35. The molecule has 1 aliphatic heterocycles. The summed E-state index contributed by atoms with van der Waals surface area (Å²) in [6.45, 7) is 7.48. The van der Waals surface area contributed by atoms with E-state index in [4.69, 9.17) is 9.47 Å². The van der Waals surface area contributed by atoms with E-state index in [9.17, 15) is 9.59 Å². The summed E-state index contributed by atoms with van der Waals surface area (Å²) < 4.78 is 11.2. The number of anilines is 1. The van der Waals surface area contributed by atoms with Crippen LogP contribution in [-0.4, -0.2) is 59.0 Å². The number of aromatic amines is 2. The molecule has 31 heavy (non-hydrogen) atoms. The highest BCUT2D eigenvalue weighted by atomic mass is 16.6. The lowest BCUT2D eigenvalue weighted by Gasteiger charge is -2.36. The van der Waals surface area contributed by atoms with Gasteiger partial charge in [-0.05, 0) is 26.3 Å². The Balaban J connectivity index is 1.60. The van der Waals surface area contributed by atoms with Crippen molar-refractivity contribution in [2.75, 3.05) is 31.1 Å². The van der Waals surface area contributed by atoms with Gasteiger partial charge in [-0.3, -0.25) is 4.98 Å². The number of benzene rings is 1. The molecule has 1 atom stereocenters. The van der Waals surface area contributed by atoms with E-state index in [2.05, 4.69) is 25.2 Å². The molecule has 0 aliphatic carbocycles. The number of nitrogens with zero attached hydrogens (tertiary/aromatic N) is 2. The molecular formula is C22H27N5O4. The van der Waals surface area contributed by atoms with Gasteiger partial charge in [0.2, 0.25) is 0 Å². The van der Waals surface area contributed by atoms with Gasteiger partial charge in [0.25, 0.3) is 0 Å². The number of carbonyl (C=O) groups excluding carboxylic acids is 1. The highest BCUT2D eigenvalue weighted by Gasteiger charge is 2.27. The first kappa shape index (κ1) is 20.9. The molecule has 1 aromatic carbocycles. The van der Waals surface area contributed by atoms with Crippen molar-refractivity contribution in [2.24, 2.45) is 0 Å². The third-order valence-electron chi connectivity index (χ3n) is 4.93. The number of fused-ring (bicyclic) bond motifs is 1. The average molecular weight is 425 g/mol. The van der Waals surface area contributed by atoms with Gasteiger partial charge in [-0.25, -0.2) is 14.6 Å². The van der Waals surface area contributed by atoms with E-state index in [1.165, 1.54) is 0 Å². The summed E-state index contributed by atoms with van der Waals surface area (Å²) in [5.41, 5.74) is 3.12. The van der Waals surface area contributed by atoms with E-state index in [1.54, 1.807) is 6.20 Å². The summed E-state index contributed by atoms with van der Waals surface area (Å²) >= 11 is 0. The lowest BCUT2D eigenvalue weighted by atomic mass is 10.0. The number of amides is 1. The number of ether oxygens (including phenoxy) is 2. The predicted molar refractivity (Wildman–Crippen MR) is 118 cm³/mol. The summed E-state index contributed by atoms with van der Waals surface area (Å²) in [5.74, 6) is 0. The first-order chi connectivity index (χ1) is 14.8. The highest BCUT2D eigenvalue weighted by molar-refractivity contribution is 5.96. The van der Waals surface area contributed by atoms with E-state index in [1.807, 2.05) is 51.1 Å². The number of hydrogen-bond acceptors (Lipinski definition) is 6. The van der Waals surface area contributed by atoms with Crippen LogP contribution in [0.1, 0.15) is 20.8 Å². The fourth-order valence-corrected chi connectivity index (χ4v) is 3.68. The Morgan fingerprint density at radius 1 is 1.29 bits per heavy atom. The van der Waals surface area contributed by atoms with Crippen LogP contribution in [0.4, 0.5) is 10.5 Å². The third kappa shape index (κ3) is 4.88. The Bertz CT molecular complexity index is 1120. The summed E-state index contributed by atoms with van der Waals surface area (Å²) in [6.07, 6.45) is 1.08. The van der Waals surface area contributed by atoms with Gasteiger partial charge in [0.05, 0.1) is 18.4 Å². The number of pyridine rings is 1. The largest absolute Gasteiger partial charge is 0.444 e. The molecule has 1 amide bonds. The SMILES string of the molecule is CC(C)(C)OC(=O)NCC1CN(c2c(-c3ccccc3)cnc3[nH]c(=O)[nH]c23)CCO1. The van der Waals surface area contributed by atoms with Crippen molar-refractivity contribution in [3.63, 3.8) is 0 Å². The van der Waals surface area contributed by atoms with E-state index in [0.717, 1.165) is 16.8 Å². The van der Waals surface area contributed by atoms with Crippen molar-refractivity contribution < 1.29 is 14.3 Å². The van der Waals surface area contributed by atoms with Crippen LogP contribution < -0.4 is 15.9 Å². The minimum Gasteiger partial charge on any atom is -0.444 e. The van der Waals surface area contributed by atoms with Crippen LogP contribution >= 0.6 is 0 Å². The molecule has 2 aromatic heterocycles. The minimum absolute atomic E-state index is 0.223. The second-order valence-electron chi connectivity index (χ2n) is 8.51. The van der Waals surface area contributed by atoms with Crippen LogP contribution in [-0.2, 0) is 9.47 Å². The number of H-pyrrole nitrogens is 2. The zero-order valence-electron chi connectivity index (χ0n) is 17.9. The summed E-state index contributed by atoms with van der Waals surface area (Å²) in [5, 5.41) is 2.78. The third-order valence-corrected chi connectivity index (χ3v) is 4.93. The maximum atomic E-state index is 12.0. The normalized spacial score (nSPS) is 17.0. The Morgan fingerprint density at radius 3 is 2.81 bits per heavy atom. The first-order valence-electron chi connectivity index (χ1n) is 10.3. The van der Waals surface area contributed by atoms with Gasteiger partial charge in [-0.1, -0.05) is 30.3 Å². The van der Waals surface area contributed by atoms with Crippen molar-refractivity contribution in [1.29, 1.82) is 0 Å². The van der Waals surface area contributed by atoms with Gasteiger partial charge in [0.1, 0.15) is 11.1 Å². The number of alkyl carbamates (subject to hydrolysis) is 1. The number of carbonyl (C=O) groups is 1. The maximum Gasteiger partial charge on any atom is 0.407 e. The number of morpholine rings is 1. The fourth-order valence-electron chi connectivity index (χ4n) is 3.68. The first-order valence-corrected chi connectivity index (χ1v) is 10.3. The minimum atomic E-state index is -0.559. The van der Waals surface area contributed by atoms with E-state index in [-0.39, 0.29) is 11.8 Å². The number of rotatable bonds is 4. The molecule has 3 heterocycles. The van der Waals surface area contributed by atoms with Gasteiger partial charge in [0, 0.05) is 31.4 Å². The second-order valence-corrected chi connectivity index (χ2v) is 8.51. The number of nitrogens with one attached hydrogen (secondary N) is 3. The van der Waals surface area contributed by atoms with Crippen LogP contribution in [0.3, 0.4) is 0 Å². The smallest absolute Gasteiger partial charge is 0.407 e. The quantitative estimate of drug-likeness (QED) is 0.592. The molecule has 4 rings (SSSR count). The Kier molecular flexibility index (Phi) is 5.69. The molecule has 1 saturated heterocycles. The lowest BCUT2D eigenvalue weighted by Crippen LogP contribution is -2.48. The van der Waals surface area contributed by atoms with Crippen molar-refractivity contribution in [1.82, 2.24) is 20.3 Å². The average Bonchev–Trinajstić information content (AvgIpc) is 3.11. The standard InChI is InChI=1S/C22H27N5O4/c1-22(2,3)31-21(29)24-11-15-13-27(9-10-30-15)18-16(14-7-5-4-6-8-14)12-23-19-17(18)25-20(28)26-19/h4-8,12,15H,9-11,13H2,1-3H3,(H,24,29)(H2,23,25,26,28).